The van der Waals surface area contributed by atoms with E-state index in [-0.39, 0.29) is 29.6 Å². The highest BCUT2D eigenvalue weighted by molar-refractivity contribution is 6.22. The number of esters is 1. The Kier molecular flexibility index (Phi) is 6.35. The molecule has 3 amide bonds. The molecule has 0 N–H and O–H groups in total. The van der Waals surface area contributed by atoms with Crippen molar-refractivity contribution < 1.29 is 23.9 Å². The van der Waals surface area contributed by atoms with Gasteiger partial charge in [-0.05, 0) is 36.8 Å². The van der Waals surface area contributed by atoms with Gasteiger partial charge in [0.1, 0.15) is 6.04 Å². The number of fused-ring (bicyclic) bond motifs is 1. The summed E-state index contributed by atoms with van der Waals surface area (Å²) in [4.78, 5) is 53.7. The Morgan fingerprint density at radius 3 is 2.34 bits per heavy atom. The number of carbonyl (C=O) groups is 4. The highest BCUT2D eigenvalue weighted by Gasteiger charge is 2.45. The molecule has 0 radical (unpaired) electrons. The zero-order chi connectivity index (χ0) is 21.1. The van der Waals surface area contributed by atoms with Crippen LogP contribution in [0.1, 0.15) is 60.7 Å². The van der Waals surface area contributed by atoms with Crippen LogP contribution in [0.3, 0.4) is 0 Å². The number of hydrogen-bond donors (Lipinski definition) is 0. The number of imide groups is 1. The molecule has 7 heteroatoms. The molecule has 0 bridgehead atoms. The number of piperidine rings is 1. The van der Waals surface area contributed by atoms with Gasteiger partial charge in [0.15, 0.2) is 6.61 Å². The number of hydrogen-bond acceptors (Lipinski definition) is 5. The van der Waals surface area contributed by atoms with E-state index in [9.17, 15) is 19.2 Å². The molecule has 29 heavy (non-hydrogen) atoms. The third-order valence-corrected chi connectivity index (χ3v) is 5.88. The van der Waals surface area contributed by atoms with Crippen LogP contribution < -0.4 is 0 Å². The maximum Gasteiger partial charge on any atom is 0.330 e. The molecule has 1 aromatic carbocycles. The topological polar surface area (TPSA) is 84.0 Å². The quantitative estimate of drug-likeness (QED) is 0.541. The van der Waals surface area contributed by atoms with Crippen molar-refractivity contribution in [2.75, 3.05) is 19.7 Å². The van der Waals surface area contributed by atoms with Crippen LogP contribution >= 0.6 is 0 Å². The number of rotatable bonds is 6. The molecule has 1 saturated heterocycles. The van der Waals surface area contributed by atoms with Gasteiger partial charge in [0.05, 0.1) is 11.1 Å². The molecule has 1 unspecified atom stereocenters. The lowest BCUT2D eigenvalue weighted by molar-refractivity contribution is -0.157. The zero-order valence-corrected chi connectivity index (χ0v) is 17.2. The fraction of sp³-hybridized carbons (Fsp3) is 0.545. The largest absolute Gasteiger partial charge is 0.454 e. The van der Waals surface area contributed by atoms with Crippen molar-refractivity contribution in [2.45, 2.75) is 46.1 Å². The smallest absolute Gasteiger partial charge is 0.330 e. The first kappa shape index (κ1) is 21.0. The molecule has 0 saturated carbocycles. The number of likely N-dealkylation sites (tertiary alicyclic amines) is 1. The lowest BCUT2D eigenvalue weighted by atomic mass is 9.97. The number of carbonyl (C=O) groups excluding carboxylic acids is 4. The first-order valence-electron chi connectivity index (χ1n) is 10.3. The van der Waals surface area contributed by atoms with Crippen molar-refractivity contribution in [1.82, 2.24) is 9.80 Å². The van der Waals surface area contributed by atoms with Gasteiger partial charge in [-0.15, -0.1) is 0 Å². The lowest BCUT2D eigenvalue weighted by Gasteiger charge is -2.32. The summed E-state index contributed by atoms with van der Waals surface area (Å²) in [5.41, 5.74) is 0.578. The van der Waals surface area contributed by atoms with E-state index in [1.54, 1.807) is 36.1 Å². The van der Waals surface area contributed by atoms with Crippen LogP contribution in [0.15, 0.2) is 24.3 Å². The van der Waals surface area contributed by atoms with Crippen LogP contribution in [0.4, 0.5) is 0 Å². The van der Waals surface area contributed by atoms with Crippen molar-refractivity contribution in [3.8, 4) is 0 Å². The van der Waals surface area contributed by atoms with Crippen LogP contribution in [0, 0.1) is 11.8 Å². The van der Waals surface area contributed by atoms with Gasteiger partial charge in [0.25, 0.3) is 17.7 Å². The summed E-state index contributed by atoms with van der Waals surface area (Å²) in [5.74, 6) is -1.82. The minimum absolute atomic E-state index is 0.241. The highest BCUT2D eigenvalue weighted by Crippen LogP contribution is 2.28. The van der Waals surface area contributed by atoms with E-state index in [1.807, 2.05) is 6.92 Å². The molecular formula is C22H28N2O5. The number of benzene rings is 1. The first-order valence-corrected chi connectivity index (χ1v) is 10.3. The van der Waals surface area contributed by atoms with Crippen LogP contribution in [0.25, 0.3) is 0 Å². The van der Waals surface area contributed by atoms with Gasteiger partial charge < -0.3 is 9.64 Å². The van der Waals surface area contributed by atoms with Gasteiger partial charge in [0.2, 0.25) is 0 Å². The fourth-order valence-corrected chi connectivity index (χ4v) is 4.00. The zero-order valence-electron chi connectivity index (χ0n) is 17.2. The van der Waals surface area contributed by atoms with Gasteiger partial charge in [-0.3, -0.25) is 19.3 Å². The average molecular weight is 400 g/mol. The first-order chi connectivity index (χ1) is 13.8. The third-order valence-electron chi connectivity index (χ3n) is 5.88. The third kappa shape index (κ3) is 4.18. The molecule has 0 aliphatic carbocycles. The van der Waals surface area contributed by atoms with E-state index in [1.165, 1.54) is 0 Å². The van der Waals surface area contributed by atoms with Crippen LogP contribution in [-0.2, 0) is 14.3 Å². The van der Waals surface area contributed by atoms with E-state index in [0.29, 0.717) is 25.4 Å². The Morgan fingerprint density at radius 2 is 1.79 bits per heavy atom. The summed E-state index contributed by atoms with van der Waals surface area (Å²) in [5, 5.41) is 0. The summed E-state index contributed by atoms with van der Waals surface area (Å²) in [6, 6.07) is 5.47. The Morgan fingerprint density at radius 1 is 1.17 bits per heavy atom. The van der Waals surface area contributed by atoms with Gasteiger partial charge in [-0.25, -0.2) is 4.79 Å². The molecule has 2 aliphatic rings. The molecule has 0 spiro atoms. The predicted octanol–water partition coefficient (Wildman–Crippen LogP) is 2.50. The molecule has 0 aromatic heterocycles. The fourth-order valence-electron chi connectivity index (χ4n) is 4.00. The monoisotopic (exact) mass is 400 g/mol. The van der Waals surface area contributed by atoms with Crippen molar-refractivity contribution in [2.24, 2.45) is 11.8 Å². The Labute approximate surface area is 171 Å². The van der Waals surface area contributed by atoms with E-state index in [2.05, 4.69) is 6.92 Å². The van der Waals surface area contributed by atoms with Crippen molar-refractivity contribution in [3.05, 3.63) is 35.4 Å². The molecule has 7 nitrogen and oxygen atoms in total. The minimum Gasteiger partial charge on any atom is -0.454 e. The van der Waals surface area contributed by atoms with Crippen molar-refractivity contribution in [3.63, 3.8) is 0 Å². The summed E-state index contributed by atoms with van der Waals surface area (Å²) >= 11 is 0. The molecule has 2 aliphatic heterocycles. The van der Waals surface area contributed by atoms with Crippen LogP contribution in [-0.4, -0.2) is 59.2 Å². The second kappa shape index (κ2) is 8.76. The Bertz CT molecular complexity index is 786. The summed E-state index contributed by atoms with van der Waals surface area (Å²) in [7, 11) is 0. The SMILES string of the molecule is CC[C@H](C)[C@@H](C(=O)OCC(=O)N1CCCC(C)C1)N1C(=O)c2ccccc2C1=O. The lowest BCUT2D eigenvalue weighted by Crippen LogP contribution is -2.50. The summed E-state index contributed by atoms with van der Waals surface area (Å²) < 4.78 is 5.31. The van der Waals surface area contributed by atoms with E-state index >= 15 is 0 Å². The van der Waals surface area contributed by atoms with Crippen molar-refractivity contribution >= 4 is 23.7 Å². The van der Waals surface area contributed by atoms with Gasteiger partial charge in [-0.2, -0.15) is 0 Å². The van der Waals surface area contributed by atoms with E-state index < -0.39 is 23.8 Å². The average Bonchev–Trinajstić information content (AvgIpc) is 2.97. The molecule has 3 atom stereocenters. The molecular weight excluding hydrogens is 372 g/mol. The molecule has 156 valence electrons. The maximum atomic E-state index is 12.9. The van der Waals surface area contributed by atoms with E-state index in [0.717, 1.165) is 17.7 Å². The Balaban J connectivity index is 1.72. The number of nitrogens with zero attached hydrogens (tertiary/aromatic N) is 2. The van der Waals surface area contributed by atoms with Crippen LogP contribution in [0.5, 0.6) is 0 Å². The summed E-state index contributed by atoms with van der Waals surface area (Å²) in [6.07, 6.45) is 2.59. The Hall–Kier alpha value is -2.70. The highest BCUT2D eigenvalue weighted by atomic mass is 16.5. The van der Waals surface area contributed by atoms with Gasteiger partial charge in [-0.1, -0.05) is 39.3 Å². The normalized spacial score (nSPS) is 21.0. The van der Waals surface area contributed by atoms with Crippen molar-refractivity contribution in [1.29, 1.82) is 0 Å². The van der Waals surface area contributed by atoms with E-state index in [4.69, 9.17) is 4.74 Å². The van der Waals surface area contributed by atoms with Gasteiger partial charge in [0, 0.05) is 13.1 Å². The summed E-state index contributed by atoms with van der Waals surface area (Å²) in [6.45, 7) is 6.71. The standard InChI is InChI=1S/C22H28N2O5/c1-4-15(3)19(24-20(26)16-9-5-6-10-17(16)21(24)27)22(28)29-13-18(25)23-11-7-8-14(2)12-23/h5-6,9-10,14-15,19H,4,7-8,11-13H2,1-3H3/t14?,15-,19-/m0/s1. The molecule has 1 fully saturated rings. The second-order valence-corrected chi connectivity index (χ2v) is 8.05. The molecule has 2 heterocycles. The number of ether oxygens (including phenoxy) is 1. The molecule has 1 aromatic rings. The minimum atomic E-state index is -1.06. The van der Waals surface area contributed by atoms with Gasteiger partial charge >= 0.3 is 5.97 Å². The maximum absolute atomic E-state index is 12.9. The second-order valence-electron chi connectivity index (χ2n) is 8.05. The predicted molar refractivity (Wildman–Crippen MR) is 106 cm³/mol. The van der Waals surface area contributed by atoms with Crippen LogP contribution in [0.2, 0.25) is 0 Å². The number of amides is 3. The molecule has 3 rings (SSSR count).